The van der Waals surface area contributed by atoms with Crippen molar-refractivity contribution < 1.29 is 4.39 Å². The smallest absolute Gasteiger partial charge is 0.104 e. The van der Waals surface area contributed by atoms with Crippen molar-refractivity contribution in [2.24, 2.45) is 5.92 Å². The van der Waals surface area contributed by atoms with Gasteiger partial charge in [0.25, 0.3) is 0 Å². The van der Waals surface area contributed by atoms with Crippen LogP contribution in [0.15, 0.2) is 0 Å². The molecule has 58 valence electrons. The summed E-state index contributed by atoms with van der Waals surface area (Å²) in [5.74, 6) is 0.355. The van der Waals surface area contributed by atoms with Crippen molar-refractivity contribution in [2.45, 2.75) is 37.9 Å². The third-order valence-electron chi connectivity index (χ3n) is 2.86. The zero-order valence-corrected chi connectivity index (χ0v) is 6.15. The van der Waals surface area contributed by atoms with Gasteiger partial charge < -0.3 is 5.32 Å². The van der Waals surface area contributed by atoms with Gasteiger partial charge in [-0.25, -0.2) is 4.39 Å². The highest BCUT2D eigenvalue weighted by atomic mass is 19.1. The highest BCUT2D eigenvalue weighted by Crippen LogP contribution is 2.34. The molecular formula is C8H14FN. The van der Waals surface area contributed by atoms with Gasteiger partial charge in [-0.3, -0.25) is 0 Å². The van der Waals surface area contributed by atoms with E-state index in [0.29, 0.717) is 12.0 Å². The number of nitrogens with one attached hydrogen (secondary N) is 1. The molecule has 3 atom stereocenters. The molecule has 0 bridgehead atoms. The van der Waals surface area contributed by atoms with E-state index in [1.54, 1.807) is 0 Å². The second-order valence-electron chi connectivity index (χ2n) is 3.46. The van der Waals surface area contributed by atoms with Crippen LogP contribution < -0.4 is 5.32 Å². The predicted molar refractivity (Wildman–Crippen MR) is 38.6 cm³/mol. The fourth-order valence-corrected chi connectivity index (χ4v) is 2.28. The van der Waals surface area contributed by atoms with Crippen LogP contribution in [0.25, 0.3) is 0 Å². The summed E-state index contributed by atoms with van der Waals surface area (Å²) in [5, 5.41) is 3.37. The molecule has 0 aromatic carbocycles. The van der Waals surface area contributed by atoms with Gasteiger partial charge in [0, 0.05) is 12.0 Å². The maximum absolute atomic E-state index is 13.0. The molecule has 0 aromatic rings. The molecule has 2 fully saturated rings. The Bertz CT molecular complexity index is 124. The summed E-state index contributed by atoms with van der Waals surface area (Å²) in [6.45, 7) is 1.11. The Morgan fingerprint density at radius 3 is 2.90 bits per heavy atom. The zero-order chi connectivity index (χ0) is 6.97. The summed E-state index contributed by atoms with van der Waals surface area (Å²) in [6.07, 6.45) is 3.63. The fourth-order valence-electron chi connectivity index (χ4n) is 2.28. The summed E-state index contributed by atoms with van der Waals surface area (Å²) in [4.78, 5) is 0. The predicted octanol–water partition coefficient (Wildman–Crippen LogP) is 1.49. The van der Waals surface area contributed by atoms with E-state index in [2.05, 4.69) is 5.32 Å². The molecule has 1 nitrogen and oxygen atoms in total. The molecule has 1 heterocycles. The van der Waals surface area contributed by atoms with Gasteiger partial charge in [0.05, 0.1) is 0 Å². The molecule has 1 N–H and O–H groups in total. The minimum atomic E-state index is -0.502. The SMILES string of the molecule is FC1CCC2NCCCC12. The van der Waals surface area contributed by atoms with E-state index in [1.165, 1.54) is 6.42 Å². The average molecular weight is 143 g/mol. The molecule has 0 radical (unpaired) electrons. The van der Waals surface area contributed by atoms with Crippen LogP contribution in [-0.2, 0) is 0 Å². The first kappa shape index (κ1) is 6.59. The van der Waals surface area contributed by atoms with Crippen LogP contribution in [0, 0.1) is 5.92 Å². The first-order valence-electron chi connectivity index (χ1n) is 4.25. The summed E-state index contributed by atoms with van der Waals surface area (Å²) < 4.78 is 13.0. The molecule has 1 saturated heterocycles. The lowest BCUT2D eigenvalue weighted by atomic mass is 9.93. The van der Waals surface area contributed by atoms with Crippen LogP contribution in [0.3, 0.4) is 0 Å². The molecule has 3 unspecified atom stereocenters. The van der Waals surface area contributed by atoms with Crippen LogP contribution in [0.1, 0.15) is 25.7 Å². The molecule has 10 heavy (non-hydrogen) atoms. The normalized spacial score (nSPS) is 47.1. The van der Waals surface area contributed by atoms with E-state index in [4.69, 9.17) is 0 Å². The van der Waals surface area contributed by atoms with E-state index >= 15 is 0 Å². The van der Waals surface area contributed by atoms with E-state index in [0.717, 1.165) is 25.8 Å². The van der Waals surface area contributed by atoms with Gasteiger partial charge in [0.2, 0.25) is 0 Å². The van der Waals surface area contributed by atoms with Gasteiger partial charge in [0.1, 0.15) is 6.17 Å². The van der Waals surface area contributed by atoms with Crippen molar-refractivity contribution in [3.63, 3.8) is 0 Å². The standard InChI is InChI=1S/C8H14FN/c9-7-3-4-8-6(7)2-1-5-10-8/h6-8,10H,1-5H2. The van der Waals surface area contributed by atoms with Crippen LogP contribution in [0.4, 0.5) is 4.39 Å². The molecule has 0 spiro atoms. The maximum atomic E-state index is 13.0. The van der Waals surface area contributed by atoms with Crippen molar-refractivity contribution in [3.8, 4) is 0 Å². The number of piperidine rings is 1. The summed E-state index contributed by atoms with van der Waals surface area (Å²) >= 11 is 0. The fraction of sp³-hybridized carbons (Fsp3) is 1.00. The quantitative estimate of drug-likeness (QED) is 0.541. The molecule has 1 saturated carbocycles. The molecular weight excluding hydrogens is 129 g/mol. The number of hydrogen-bond donors (Lipinski definition) is 1. The topological polar surface area (TPSA) is 12.0 Å². The maximum Gasteiger partial charge on any atom is 0.104 e. The van der Waals surface area contributed by atoms with Crippen molar-refractivity contribution in [1.29, 1.82) is 0 Å². The lowest BCUT2D eigenvalue weighted by Crippen LogP contribution is -2.39. The van der Waals surface area contributed by atoms with Crippen LogP contribution in [0.5, 0.6) is 0 Å². The van der Waals surface area contributed by atoms with Crippen molar-refractivity contribution in [3.05, 3.63) is 0 Å². The van der Waals surface area contributed by atoms with Crippen molar-refractivity contribution in [2.75, 3.05) is 6.54 Å². The Morgan fingerprint density at radius 1 is 1.20 bits per heavy atom. The summed E-state index contributed by atoms with van der Waals surface area (Å²) in [5.41, 5.74) is 0. The molecule has 1 aliphatic carbocycles. The van der Waals surface area contributed by atoms with E-state index in [-0.39, 0.29) is 0 Å². The second-order valence-corrected chi connectivity index (χ2v) is 3.46. The third kappa shape index (κ3) is 0.947. The lowest BCUT2D eigenvalue weighted by Gasteiger charge is -2.27. The largest absolute Gasteiger partial charge is 0.314 e. The van der Waals surface area contributed by atoms with E-state index in [1.807, 2.05) is 0 Å². The van der Waals surface area contributed by atoms with Gasteiger partial charge in [-0.05, 0) is 32.2 Å². The van der Waals surface area contributed by atoms with Gasteiger partial charge >= 0.3 is 0 Å². The Morgan fingerprint density at radius 2 is 2.10 bits per heavy atom. The first-order valence-corrected chi connectivity index (χ1v) is 4.25. The highest BCUT2D eigenvalue weighted by molar-refractivity contribution is 4.92. The highest BCUT2D eigenvalue weighted by Gasteiger charge is 2.37. The van der Waals surface area contributed by atoms with Gasteiger partial charge in [0.15, 0.2) is 0 Å². The molecule has 2 heteroatoms. The Hall–Kier alpha value is -0.110. The van der Waals surface area contributed by atoms with Crippen molar-refractivity contribution in [1.82, 2.24) is 5.32 Å². The number of halogens is 1. The van der Waals surface area contributed by atoms with Crippen LogP contribution >= 0.6 is 0 Å². The number of rotatable bonds is 0. The number of alkyl halides is 1. The molecule has 2 aliphatic rings. The Labute approximate surface area is 61.0 Å². The number of fused-ring (bicyclic) bond motifs is 1. The van der Waals surface area contributed by atoms with E-state index in [9.17, 15) is 4.39 Å². The molecule has 2 rings (SSSR count). The minimum absolute atomic E-state index is 0.355. The lowest BCUT2D eigenvalue weighted by molar-refractivity contribution is 0.204. The average Bonchev–Trinajstić information content (AvgIpc) is 2.34. The Kier molecular flexibility index (Phi) is 1.65. The van der Waals surface area contributed by atoms with Gasteiger partial charge in [-0.15, -0.1) is 0 Å². The monoisotopic (exact) mass is 143 g/mol. The number of hydrogen-bond acceptors (Lipinski definition) is 1. The van der Waals surface area contributed by atoms with Crippen LogP contribution in [-0.4, -0.2) is 18.8 Å². The second kappa shape index (κ2) is 2.50. The van der Waals surface area contributed by atoms with Gasteiger partial charge in [-0.2, -0.15) is 0 Å². The summed E-state index contributed by atoms with van der Waals surface area (Å²) in [6, 6.07) is 0.517. The molecule has 1 aliphatic heterocycles. The molecule has 0 aromatic heterocycles. The van der Waals surface area contributed by atoms with Crippen LogP contribution in [0.2, 0.25) is 0 Å². The first-order chi connectivity index (χ1) is 4.88. The third-order valence-corrected chi connectivity index (χ3v) is 2.86. The Balaban J connectivity index is 2.01. The van der Waals surface area contributed by atoms with Gasteiger partial charge in [-0.1, -0.05) is 0 Å². The molecule has 0 amide bonds. The van der Waals surface area contributed by atoms with E-state index < -0.39 is 6.17 Å². The summed E-state index contributed by atoms with van der Waals surface area (Å²) in [7, 11) is 0. The van der Waals surface area contributed by atoms with Crippen molar-refractivity contribution >= 4 is 0 Å². The zero-order valence-electron chi connectivity index (χ0n) is 6.15. The minimum Gasteiger partial charge on any atom is -0.314 e.